The second-order valence-electron chi connectivity index (χ2n) is 5.33. The third-order valence-electron chi connectivity index (χ3n) is 3.49. The van der Waals surface area contributed by atoms with Crippen molar-refractivity contribution in [3.63, 3.8) is 0 Å². The van der Waals surface area contributed by atoms with Gasteiger partial charge in [0.1, 0.15) is 5.82 Å². The lowest BCUT2D eigenvalue weighted by Gasteiger charge is -2.13. The number of anilines is 1. The fourth-order valence-electron chi connectivity index (χ4n) is 2.00. The average Bonchev–Trinajstić information content (AvgIpc) is 2.80. The van der Waals surface area contributed by atoms with Crippen LogP contribution in [0.1, 0.15) is 31.5 Å². The summed E-state index contributed by atoms with van der Waals surface area (Å²) in [6, 6.07) is 8.92. The van der Waals surface area contributed by atoms with Crippen molar-refractivity contribution in [2.75, 3.05) is 5.32 Å². The minimum absolute atomic E-state index is 0.221. The second kappa shape index (κ2) is 7.35. The predicted octanol–water partition coefficient (Wildman–Crippen LogP) is 3.46. The topological polar surface area (TPSA) is 41.9 Å². The van der Waals surface area contributed by atoms with Gasteiger partial charge in [-0.25, -0.2) is 4.39 Å². The summed E-state index contributed by atoms with van der Waals surface area (Å²) in [5.74, 6) is 0.440. The molecular formula is C16H21FN4S. The number of nitrogens with one attached hydrogen (secondary N) is 2. The van der Waals surface area contributed by atoms with Crippen LogP contribution in [0.5, 0.6) is 0 Å². The smallest absolute Gasteiger partial charge is 0.172 e. The van der Waals surface area contributed by atoms with E-state index >= 15 is 0 Å². The average molecular weight is 320 g/mol. The number of rotatable bonds is 5. The van der Waals surface area contributed by atoms with E-state index in [0.29, 0.717) is 29.1 Å². The van der Waals surface area contributed by atoms with E-state index in [9.17, 15) is 4.39 Å². The summed E-state index contributed by atoms with van der Waals surface area (Å²) in [6.45, 7) is 6.49. The molecule has 2 rings (SSSR count). The van der Waals surface area contributed by atoms with Crippen LogP contribution in [0.25, 0.3) is 0 Å². The predicted molar refractivity (Wildman–Crippen MR) is 91.6 cm³/mol. The van der Waals surface area contributed by atoms with E-state index in [-0.39, 0.29) is 5.82 Å². The molecule has 0 aliphatic heterocycles. The molecule has 1 atom stereocenters. The highest BCUT2D eigenvalue weighted by atomic mass is 32.1. The maximum Gasteiger partial charge on any atom is 0.172 e. The first-order valence-electron chi connectivity index (χ1n) is 7.35. The molecular weight excluding hydrogens is 299 g/mol. The maximum atomic E-state index is 13.7. The van der Waals surface area contributed by atoms with E-state index in [4.69, 9.17) is 12.2 Å². The standard InChI is InChI=1S/C16H21FN4S/c1-4-11(2)18-16(22)19-15-9-12(3)21(20-15)10-13-7-5-6-8-14(13)17/h5-9,11H,4,10H2,1-3H3,(H2,18,19,20,22). The molecule has 0 radical (unpaired) electrons. The van der Waals surface area contributed by atoms with E-state index in [1.54, 1.807) is 16.8 Å². The Kier molecular flexibility index (Phi) is 5.49. The molecule has 0 fully saturated rings. The Morgan fingerprint density at radius 3 is 2.82 bits per heavy atom. The first-order chi connectivity index (χ1) is 10.5. The van der Waals surface area contributed by atoms with E-state index in [1.165, 1.54) is 6.07 Å². The van der Waals surface area contributed by atoms with Gasteiger partial charge >= 0.3 is 0 Å². The highest BCUT2D eigenvalue weighted by Gasteiger charge is 2.09. The number of aryl methyl sites for hydroxylation is 1. The van der Waals surface area contributed by atoms with Crippen LogP contribution in [-0.4, -0.2) is 20.9 Å². The van der Waals surface area contributed by atoms with Crippen LogP contribution >= 0.6 is 12.2 Å². The van der Waals surface area contributed by atoms with E-state index in [1.807, 2.05) is 19.1 Å². The van der Waals surface area contributed by atoms with Gasteiger partial charge in [0.05, 0.1) is 6.54 Å². The Morgan fingerprint density at radius 2 is 2.14 bits per heavy atom. The van der Waals surface area contributed by atoms with Gasteiger partial charge in [0.15, 0.2) is 10.9 Å². The monoisotopic (exact) mass is 320 g/mol. The molecule has 1 unspecified atom stereocenters. The molecule has 1 aromatic carbocycles. The van der Waals surface area contributed by atoms with Crippen molar-refractivity contribution in [1.82, 2.24) is 15.1 Å². The van der Waals surface area contributed by atoms with E-state index in [2.05, 4.69) is 29.6 Å². The summed E-state index contributed by atoms with van der Waals surface area (Å²) in [7, 11) is 0. The van der Waals surface area contributed by atoms with Crippen LogP contribution in [0.2, 0.25) is 0 Å². The molecule has 4 nitrogen and oxygen atoms in total. The third kappa shape index (κ3) is 4.27. The molecule has 0 amide bonds. The Hall–Kier alpha value is -1.95. The first kappa shape index (κ1) is 16.4. The number of hydrogen-bond acceptors (Lipinski definition) is 2. The highest BCUT2D eigenvalue weighted by Crippen LogP contribution is 2.13. The molecule has 2 aromatic rings. The number of halogens is 1. The zero-order valence-electron chi connectivity index (χ0n) is 13.1. The number of nitrogens with zero attached hydrogens (tertiary/aromatic N) is 2. The first-order valence-corrected chi connectivity index (χ1v) is 7.75. The van der Waals surface area contributed by atoms with E-state index in [0.717, 1.165) is 12.1 Å². The van der Waals surface area contributed by atoms with Crippen molar-refractivity contribution in [2.24, 2.45) is 0 Å². The molecule has 0 saturated carbocycles. The zero-order chi connectivity index (χ0) is 16.1. The second-order valence-corrected chi connectivity index (χ2v) is 5.74. The van der Waals surface area contributed by atoms with Gasteiger partial charge in [-0.15, -0.1) is 0 Å². The quantitative estimate of drug-likeness (QED) is 0.828. The molecule has 6 heteroatoms. The van der Waals surface area contributed by atoms with Crippen LogP contribution in [-0.2, 0) is 6.54 Å². The molecule has 0 saturated heterocycles. The summed E-state index contributed by atoms with van der Waals surface area (Å²) in [5, 5.41) is 11.2. The van der Waals surface area contributed by atoms with Crippen molar-refractivity contribution in [3.8, 4) is 0 Å². The van der Waals surface area contributed by atoms with Gasteiger partial charge in [0.25, 0.3) is 0 Å². The van der Waals surface area contributed by atoms with Gasteiger partial charge in [-0.1, -0.05) is 25.1 Å². The number of aromatic nitrogens is 2. The van der Waals surface area contributed by atoms with Crippen molar-refractivity contribution < 1.29 is 4.39 Å². The van der Waals surface area contributed by atoms with Crippen LogP contribution in [0.15, 0.2) is 30.3 Å². The third-order valence-corrected chi connectivity index (χ3v) is 3.71. The van der Waals surface area contributed by atoms with Crippen LogP contribution in [0.3, 0.4) is 0 Å². The van der Waals surface area contributed by atoms with E-state index < -0.39 is 0 Å². The fraction of sp³-hybridized carbons (Fsp3) is 0.375. The fourth-order valence-corrected chi connectivity index (χ4v) is 2.30. The minimum atomic E-state index is -0.221. The molecule has 0 aliphatic rings. The molecule has 0 bridgehead atoms. The lowest BCUT2D eigenvalue weighted by molar-refractivity contribution is 0.581. The summed E-state index contributed by atoms with van der Waals surface area (Å²) >= 11 is 5.25. The van der Waals surface area contributed by atoms with Gasteiger partial charge in [-0.05, 0) is 38.6 Å². The van der Waals surface area contributed by atoms with Crippen molar-refractivity contribution >= 4 is 23.1 Å². The molecule has 0 spiro atoms. The van der Waals surface area contributed by atoms with Gasteiger partial charge in [-0.2, -0.15) is 5.10 Å². The Bertz CT molecular complexity index is 653. The maximum absolute atomic E-state index is 13.7. The van der Waals surface area contributed by atoms with Crippen molar-refractivity contribution in [1.29, 1.82) is 0 Å². The van der Waals surface area contributed by atoms with Crippen LogP contribution in [0, 0.1) is 12.7 Å². The molecule has 22 heavy (non-hydrogen) atoms. The Labute approximate surface area is 135 Å². The van der Waals surface area contributed by atoms with Gasteiger partial charge in [0.2, 0.25) is 0 Å². The normalized spacial score (nSPS) is 12.0. The summed E-state index contributed by atoms with van der Waals surface area (Å²) in [6.07, 6.45) is 0.989. The van der Waals surface area contributed by atoms with Crippen molar-refractivity contribution in [3.05, 3.63) is 47.4 Å². The Balaban J connectivity index is 2.05. The van der Waals surface area contributed by atoms with Crippen molar-refractivity contribution in [2.45, 2.75) is 39.8 Å². The SMILES string of the molecule is CCC(C)NC(=S)Nc1cc(C)n(Cc2ccccc2F)n1. The van der Waals surface area contributed by atoms with Gasteiger partial charge < -0.3 is 10.6 Å². The zero-order valence-corrected chi connectivity index (χ0v) is 13.9. The summed E-state index contributed by atoms with van der Waals surface area (Å²) in [5.41, 5.74) is 1.55. The number of hydrogen-bond donors (Lipinski definition) is 2. The summed E-state index contributed by atoms with van der Waals surface area (Å²) in [4.78, 5) is 0. The number of thiocarbonyl (C=S) groups is 1. The molecule has 118 valence electrons. The lowest BCUT2D eigenvalue weighted by atomic mass is 10.2. The molecule has 1 aromatic heterocycles. The molecule has 1 heterocycles. The Morgan fingerprint density at radius 1 is 1.41 bits per heavy atom. The van der Waals surface area contributed by atoms with Gasteiger partial charge in [-0.3, -0.25) is 4.68 Å². The minimum Gasteiger partial charge on any atom is -0.360 e. The number of benzene rings is 1. The molecule has 0 aliphatic carbocycles. The largest absolute Gasteiger partial charge is 0.360 e. The highest BCUT2D eigenvalue weighted by molar-refractivity contribution is 7.80. The van der Waals surface area contributed by atoms with Gasteiger partial charge in [0, 0.05) is 23.4 Å². The van der Waals surface area contributed by atoms with Crippen LogP contribution < -0.4 is 10.6 Å². The lowest BCUT2D eigenvalue weighted by Crippen LogP contribution is -2.35. The summed E-state index contributed by atoms with van der Waals surface area (Å²) < 4.78 is 15.5. The van der Waals surface area contributed by atoms with Crippen LogP contribution in [0.4, 0.5) is 10.2 Å². The molecule has 2 N–H and O–H groups in total.